The predicted octanol–water partition coefficient (Wildman–Crippen LogP) is 1.51. The summed E-state index contributed by atoms with van der Waals surface area (Å²) in [7, 11) is 6.51. The zero-order valence-corrected chi connectivity index (χ0v) is 18.2. The third-order valence-corrected chi connectivity index (χ3v) is 4.01. The van der Waals surface area contributed by atoms with E-state index in [1.54, 1.807) is 0 Å². The second kappa shape index (κ2) is 9.80. The van der Waals surface area contributed by atoms with Crippen molar-refractivity contribution in [1.82, 2.24) is 0 Å². The quantitative estimate of drug-likeness (QED) is 0.484. The highest BCUT2D eigenvalue weighted by Crippen LogP contribution is 2.36. The Balaban J connectivity index is 0.00000576. The Labute approximate surface area is 161 Å². The van der Waals surface area contributed by atoms with Crippen LogP contribution in [0.25, 0.3) is 0 Å². The van der Waals surface area contributed by atoms with Crippen LogP contribution in [-0.2, 0) is 10.2 Å². The van der Waals surface area contributed by atoms with Gasteiger partial charge in [0.25, 0.3) is 0 Å². The van der Waals surface area contributed by atoms with Gasteiger partial charge in [-0.15, -0.1) is 0 Å². The van der Waals surface area contributed by atoms with Gasteiger partial charge in [0.05, 0.1) is 34.4 Å². The van der Waals surface area contributed by atoms with Gasteiger partial charge in [-0.25, -0.2) is 0 Å². The van der Waals surface area contributed by atoms with Crippen LogP contribution in [0.2, 0.25) is 0 Å². The van der Waals surface area contributed by atoms with E-state index in [2.05, 4.69) is 80.0 Å². The summed E-state index contributed by atoms with van der Waals surface area (Å²) in [6.07, 6.45) is 1.15. The molecule has 0 aromatic heterocycles. The molecule has 0 spiro atoms. The Morgan fingerprint density at radius 3 is 1.88 bits per heavy atom. The van der Waals surface area contributed by atoms with Crippen molar-refractivity contribution in [2.24, 2.45) is 5.41 Å². The van der Waals surface area contributed by atoms with Crippen LogP contribution in [-0.4, -0.2) is 52.0 Å². The molecule has 0 aliphatic carbocycles. The lowest BCUT2D eigenvalue weighted by Crippen LogP contribution is -3.00. The van der Waals surface area contributed by atoms with E-state index in [9.17, 15) is 0 Å². The summed E-state index contributed by atoms with van der Waals surface area (Å²) in [6.45, 7) is 14.5. The normalized spacial score (nSPS) is 12.6. The summed E-state index contributed by atoms with van der Waals surface area (Å²) in [5, 5.41) is 0. The molecule has 0 unspecified atom stereocenters. The number of nitrogens with zero attached hydrogens (tertiary/aromatic N) is 1. The summed E-state index contributed by atoms with van der Waals surface area (Å²) in [5.74, 6) is 0.917. The Morgan fingerprint density at radius 2 is 1.40 bits per heavy atom. The first-order valence-electron chi connectivity index (χ1n) is 9.01. The molecule has 0 aliphatic heterocycles. The Kier molecular flexibility index (Phi) is 9.50. The van der Waals surface area contributed by atoms with E-state index in [0.29, 0.717) is 18.6 Å². The second-order valence-corrected chi connectivity index (χ2v) is 9.62. The van der Waals surface area contributed by atoms with E-state index < -0.39 is 0 Å². The maximum absolute atomic E-state index is 5.78. The van der Waals surface area contributed by atoms with Crippen LogP contribution in [0.1, 0.15) is 46.6 Å². The summed E-state index contributed by atoms with van der Waals surface area (Å²) in [6, 6.07) is 8.54. The Hall–Kier alpha value is -0.770. The van der Waals surface area contributed by atoms with Gasteiger partial charge in [-0.2, -0.15) is 0 Å². The molecule has 0 saturated heterocycles. The lowest BCUT2D eigenvalue weighted by Gasteiger charge is -2.33. The molecule has 0 bridgehead atoms. The Bertz CT molecular complexity index is 484. The third kappa shape index (κ3) is 10.7. The van der Waals surface area contributed by atoms with Gasteiger partial charge in [0, 0.05) is 0 Å². The average Bonchev–Trinajstić information content (AvgIpc) is 2.39. The molecule has 1 rings (SSSR count). The van der Waals surface area contributed by atoms with Gasteiger partial charge >= 0.3 is 0 Å². The fourth-order valence-corrected chi connectivity index (χ4v) is 3.09. The van der Waals surface area contributed by atoms with Crippen molar-refractivity contribution in [2.45, 2.75) is 46.5 Å². The van der Waals surface area contributed by atoms with Gasteiger partial charge < -0.3 is 26.4 Å². The van der Waals surface area contributed by atoms with Crippen LogP contribution >= 0.6 is 0 Å². The molecule has 146 valence electrons. The number of quaternary nitrogens is 1. The molecule has 0 heterocycles. The van der Waals surface area contributed by atoms with Crippen molar-refractivity contribution < 1.29 is 26.4 Å². The second-order valence-electron chi connectivity index (χ2n) is 9.62. The molecule has 0 amide bonds. The third-order valence-electron chi connectivity index (χ3n) is 4.01. The predicted molar refractivity (Wildman–Crippen MR) is 103 cm³/mol. The zero-order chi connectivity index (χ0) is 18.4. The SMILES string of the molecule is CC(C)(C)CC(C)(C)c1ccc(OCCOCC[N+](C)(C)C)cc1.[Cl-]. The summed E-state index contributed by atoms with van der Waals surface area (Å²) in [4.78, 5) is 0. The van der Waals surface area contributed by atoms with Crippen LogP contribution in [0, 0.1) is 5.41 Å². The fraction of sp³-hybridized carbons (Fsp3) is 0.714. The monoisotopic (exact) mass is 371 g/mol. The maximum Gasteiger partial charge on any atom is 0.119 e. The van der Waals surface area contributed by atoms with E-state index >= 15 is 0 Å². The Morgan fingerprint density at radius 1 is 0.840 bits per heavy atom. The summed E-state index contributed by atoms with van der Waals surface area (Å²) >= 11 is 0. The van der Waals surface area contributed by atoms with Crippen molar-refractivity contribution >= 4 is 0 Å². The number of benzene rings is 1. The molecule has 4 heteroatoms. The minimum absolute atomic E-state index is 0. The van der Waals surface area contributed by atoms with Crippen molar-refractivity contribution in [3.8, 4) is 5.75 Å². The highest BCUT2D eigenvalue weighted by molar-refractivity contribution is 5.31. The molecule has 1 aromatic rings. The number of ether oxygens (including phenoxy) is 2. The molecule has 3 nitrogen and oxygen atoms in total. The van der Waals surface area contributed by atoms with Crippen molar-refractivity contribution in [2.75, 3.05) is 47.5 Å². The largest absolute Gasteiger partial charge is 1.00 e. The van der Waals surface area contributed by atoms with Gasteiger partial charge in [0.1, 0.15) is 18.9 Å². The lowest BCUT2D eigenvalue weighted by atomic mass is 9.72. The maximum atomic E-state index is 5.78. The van der Waals surface area contributed by atoms with Crippen LogP contribution in [0.4, 0.5) is 0 Å². The van der Waals surface area contributed by atoms with E-state index in [-0.39, 0.29) is 17.8 Å². The minimum atomic E-state index is 0. The van der Waals surface area contributed by atoms with Crippen molar-refractivity contribution in [3.05, 3.63) is 29.8 Å². The molecule has 1 aromatic carbocycles. The number of rotatable bonds is 9. The van der Waals surface area contributed by atoms with E-state index in [0.717, 1.165) is 29.8 Å². The van der Waals surface area contributed by atoms with Crippen LogP contribution < -0.4 is 17.1 Å². The van der Waals surface area contributed by atoms with Crippen molar-refractivity contribution in [3.63, 3.8) is 0 Å². The number of halogens is 1. The number of hydrogen-bond donors (Lipinski definition) is 0. The van der Waals surface area contributed by atoms with E-state index in [1.165, 1.54) is 5.56 Å². The first-order valence-corrected chi connectivity index (χ1v) is 9.01. The van der Waals surface area contributed by atoms with Gasteiger partial charge in [0.2, 0.25) is 0 Å². The van der Waals surface area contributed by atoms with E-state index in [4.69, 9.17) is 9.47 Å². The topological polar surface area (TPSA) is 18.5 Å². The zero-order valence-electron chi connectivity index (χ0n) is 17.5. The average molecular weight is 372 g/mol. The van der Waals surface area contributed by atoms with E-state index in [1.807, 2.05) is 0 Å². The van der Waals surface area contributed by atoms with Crippen LogP contribution in [0.5, 0.6) is 5.75 Å². The molecule has 0 radical (unpaired) electrons. The van der Waals surface area contributed by atoms with Crippen LogP contribution in [0.3, 0.4) is 0 Å². The standard InChI is InChI=1S/C21H38NO2.ClH/c1-20(2,3)17-21(4,5)18-9-11-19(12-10-18)24-16-15-23-14-13-22(6,7)8;/h9-12H,13-17H2,1-8H3;1H/q+1;/p-1. The first kappa shape index (κ1) is 24.2. The number of hydrogen-bond acceptors (Lipinski definition) is 2. The van der Waals surface area contributed by atoms with Gasteiger partial charge in [-0.1, -0.05) is 46.8 Å². The van der Waals surface area contributed by atoms with Crippen LogP contribution in [0.15, 0.2) is 24.3 Å². The van der Waals surface area contributed by atoms with Gasteiger partial charge in [-0.05, 0) is 34.9 Å². The fourth-order valence-electron chi connectivity index (χ4n) is 3.09. The van der Waals surface area contributed by atoms with Gasteiger partial charge in [-0.3, -0.25) is 0 Å². The highest BCUT2D eigenvalue weighted by Gasteiger charge is 2.27. The molecule has 0 fully saturated rings. The van der Waals surface area contributed by atoms with Crippen molar-refractivity contribution in [1.29, 1.82) is 0 Å². The smallest absolute Gasteiger partial charge is 0.119 e. The highest BCUT2D eigenvalue weighted by atomic mass is 35.5. The summed E-state index contributed by atoms with van der Waals surface area (Å²) in [5.41, 5.74) is 1.86. The molecule has 0 aliphatic rings. The molecule has 0 N–H and O–H groups in total. The molecular weight excluding hydrogens is 334 g/mol. The lowest BCUT2D eigenvalue weighted by molar-refractivity contribution is -0.870. The molecular formula is C21H38ClNO2. The number of likely N-dealkylation sites (N-methyl/N-ethyl adjacent to an activating group) is 1. The molecule has 0 atom stereocenters. The van der Waals surface area contributed by atoms with Gasteiger partial charge in [0.15, 0.2) is 0 Å². The molecule has 0 saturated carbocycles. The first-order chi connectivity index (χ1) is 10.9. The summed E-state index contributed by atoms with van der Waals surface area (Å²) < 4.78 is 12.3. The molecule has 25 heavy (non-hydrogen) atoms. The minimum Gasteiger partial charge on any atom is -1.00 e.